The molecule has 1 aliphatic rings. The first-order chi connectivity index (χ1) is 9.83. The first-order valence-corrected chi connectivity index (χ1v) is 6.90. The second-order valence-electron chi connectivity index (χ2n) is 4.96. The molecule has 1 atom stereocenters. The number of nitrogens with one attached hydrogen (secondary N) is 1. The van der Waals surface area contributed by atoms with Crippen LogP contribution in [0.5, 0.6) is 5.75 Å². The minimum Gasteiger partial charge on any atom is -0.426 e. The maximum Gasteiger partial charge on any atom is 0.313 e. The van der Waals surface area contributed by atoms with Gasteiger partial charge in [0.2, 0.25) is 0 Å². The van der Waals surface area contributed by atoms with E-state index in [-0.39, 0.29) is 12.0 Å². The number of hydrogen-bond acceptors (Lipinski definition) is 3. The van der Waals surface area contributed by atoms with Crippen LogP contribution in [-0.2, 0) is 11.2 Å². The van der Waals surface area contributed by atoms with Crippen LogP contribution < -0.4 is 10.1 Å². The van der Waals surface area contributed by atoms with Gasteiger partial charge in [0.05, 0.1) is 6.42 Å². The minimum atomic E-state index is -0.166. The lowest BCUT2D eigenvalue weighted by Crippen LogP contribution is -2.31. The van der Waals surface area contributed by atoms with E-state index in [9.17, 15) is 4.79 Å². The molecule has 0 radical (unpaired) electrons. The van der Waals surface area contributed by atoms with Crippen molar-refractivity contribution in [2.75, 3.05) is 6.54 Å². The molecule has 1 N–H and O–H groups in total. The number of carbonyl (C=O) groups excluding carboxylic acids is 1. The first-order valence-electron chi connectivity index (χ1n) is 6.90. The molecule has 0 bridgehead atoms. The molecule has 3 rings (SSSR count). The minimum absolute atomic E-state index is 0.0520. The van der Waals surface area contributed by atoms with Crippen molar-refractivity contribution in [3.63, 3.8) is 0 Å². The summed E-state index contributed by atoms with van der Waals surface area (Å²) in [5.41, 5.74) is 2.37. The van der Waals surface area contributed by atoms with Gasteiger partial charge in [0.15, 0.2) is 0 Å². The summed E-state index contributed by atoms with van der Waals surface area (Å²) in [6.45, 7) is 0.844. The molecular formula is C17H17NO2. The fourth-order valence-corrected chi connectivity index (χ4v) is 2.52. The van der Waals surface area contributed by atoms with Crippen LogP contribution in [0, 0.1) is 0 Å². The molecule has 2 aromatic carbocycles. The number of rotatable bonds is 4. The first kappa shape index (κ1) is 12.9. The smallest absolute Gasteiger partial charge is 0.313 e. The van der Waals surface area contributed by atoms with Gasteiger partial charge in [-0.25, -0.2) is 0 Å². The van der Waals surface area contributed by atoms with Gasteiger partial charge in [-0.2, -0.15) is 0 Å². The zero-order valence-electron chi connectivity index (χ0n) is 11.2. The topological polar surface area (TPSA) is 38.3 Å². The molecule has 0 saturated carbocycles. The Balaban J connectivity index is 1.64. The predicted molar refractivity (Wildman–Crippen MR) is 77.6 cm³/mol. The summed E-state index contributed by atoms with van der Waals surface area (Å²) in [6, 6.07) is 18.1. The normalized spacial score (nSPS) is 17.4. The van der Waals surface area contributed by atoms with E-state index in [1.54, 1.807) is 0 Å². The molecule has 0 aromatic heterocycles. The van der Waals surface area contributed by atoms with E-state index in [4.69, 9.17) is 4.74 Å². The van der Waals surface area contributed by atoms with Crippen molar-refractivity contribution in [1.82, 2.24) is 5.32 Å². The van der Waals surface area contributed by atoms with Crippen LogP contribution in [-0.4, -0.2) is 12.5 Å². The van der Waals surface area contributed by atoms with Crippen LogP contribution in [0.4, 0.5) is 0 Å². The number of esters is 1. The van der Waals surface area contributed by atoms with E-state index < -0.39 is 0 Å². The number of para-hydroxylation sites is 1. The summed E-state index contributed by atoms with van der Waals surface area (Å²) in [7, 11) is 0. The third-order valence-corrected chi connectivity index (χ3v) is 3.54. The summed E-state index contributed by atoms with van der Waals surface area (Å²) in [5, 5.41) is 3.46. The van der Waals surface area contributed by atoms with Crippen molar-refractivity contribution in [3.8, 4) is 5.75 Å². The van der Waals surface area contributed by atoms with E-state index >= 15 is 0 Å². The van der Waals surface area contributed by atoms with Crippen molar-refractivity contribution in [3.05, 3.63) is 65.7 Å². The zero-order chi connectivity index (χ0) is 13.8. The van der Waals surface area contributed by atoms with Gasteiger partial charge in [0.1, 0.15) is 5.75 Å². The monoisotopic (exact) mass is 267 g/mol. The second-order valence-corrected chi connectivity index (χ2v) is 4.96. The molecule has 0 amide bonds. The Labute approximate surface area is 118 Å². The fraction of sp³-hybridized carbons (Fsp3) is 0.235. The van der Waals surface area contributed by atoms with Gasteiger partial charge in [-0.15, -0.1) is 0 Å². The highest BCUT2D eigenvalue weighted by Crippen LogP contribution is 2.31. The van der Waals surface area contributed by atoms with Crippen molar-refractivity contribution >= 4 is 5.97 Å². The molecule has 0 aliphatic carbocycles. The van der Waals surface area contributed by atoms with Crippen molar-refractivity contribution < 1.29 is 9.53 Å². The van der Waals surface area contributed by atoms with Crippen molar-refractivity contribution in [2.24, 2.45) is 0 Å². The SMILES string of the molecule is O=C1CC(NCCc2ccccc2)c2ccccc2O1. The average molecular weight is 267 g/mol. The van der Waals surface area contributed by atoms with Crippen LogP contribution >= 0.6 is 0 Å². The number of benzene rings is 2. The highest BCUT2D eigenvalue weighted by atomic mass is 16.5. The van der Waals surface area contributed by atoms with E-state index in [2.05, 4.69) is 17.4 Å². The maximum absolute atomic E-state index is 11.6. The zero-order valence-corrected chi connectivity index (χ0v) is 11.2. The molecule has 1 unspecified atom stereocenters. The molecule has 0 spiro atoms. The Morgan fingerprint density at radius 1 is 1.05 bits per heavy atom. The van der Waals surface area contributed by atoms with E-state index in [0.717, 1.165) is 18.5 Å². The van der Waals surface area contributed by atoms with Crippen molar-refractivity contribution in [1.29, 1.82) is 0 Å². The summed E-state index contributed by atoms with van der Waals surface area (Å²) >= 11 is 0. The van der Waals surface area contributed by atoms with Crippen molar-refractivity contribution in [2.45, 2.75) is 18.9 Å². The maximum atomic E-state index is 11.6. The molecular weight excluding hydrogens is 250 g/mol. The summed E-state index contributed by atoms with van der Waals surface area (Å²) in [6.07, 6.45) is 1.35. The van der Waals surface area contributed by atoms with E-state index in [0.29, 0.717) is 12.2 Å². The van der Waals surface area contributed by atoms with Crippen LogP contribution in [0.1, 0.15) is 23.6 Å². The van der Waals surface area contributed by atoms with Gasteiger partial charge in [-0.3, -0.25) is 4.79 Å². The Bertz CT molecular complexity index is 595. The standard InChI is InChI=1S/C17H17NO2/c19-17-12-15(14-8-4-5-9-16(14)20-17)18-11-10-13-6-2-1-3-7-13/h1-9,15,18H,10-12H2. The lowest BCUT2D eigenvalue weighted by atomic mass is 10.00. The Morgan fingerprint density at radius 3 is 2.65 bits per heavy atom. The lowest BCUT2D eigenvalue weighted by molar-refractivity contribution is -0.136. The Kier molecular flexibility index (Phi) is 3.79. The van der Waals surface area contributed by atoms with Gasteiger partial charge in [0.25, 0.3) is 0 Å². The molecule has 1 aliphatic heterocycles. The molecule has 3 heteroatoms. The fourth-order valence-electron chi connectivity index (χ4n) is 2.52. The molecule has 20 heavy (non-hydrogen) atoms. The van der Waals surface area contributed by atoms with Crippen LogP contribution in [0.15, 0.2) is 54.6 Å². The number of fused-ring (bicyclic) bond motifs is 1. The predicted octanol–water partition coefficient (Wildman–Crippen LogP) is 2.87. The summed E-state index contributed by atoms with van der Waals surface area (Å²) < 4.78 is 5.25. The Morgan fingerprint density at radius 2 is 1.80 bits per heavy atom. The van der Waals surface area contributed by atoms with Gasteiger partial charge in [-0.05, 0) is 24.6 Å². The molecule has 2 aromatic rings. The highest BCUT2D eigenvalue weighted by Gasteiger charge is 2.25. The van der Waals surface area contributed by atoms with Gasteiger partial charge >= 0.3 is 5.97 Å². The average Bonchev–Trinajstić information content (AvgIpc) is 2.48. The Hall–Kier alpha value is -2.13. The van der Waals surface area contributed by atoms with Crippen LogP contribution in [0.25, 0.3) is 0 Å². The lowest BCUT2D eigenvalue weighted by Gasteiger charge is -2.25. The molecule has 0 fully saturated rings. The number of carbonyl (C=O) groups is 1. The quantitative estimate of drug-likeness (QED) is 0.684. The molecule has 3 nitrogen and oxygen atoms in total. The van der Waals surface area contributed by atoms with E-state index in [1.807, 2.05) is 42.5 Å². The molecule has 1 heterocycles. The highest BCUT2D eigenvalue weighted by molar-refractivity contribution is 5.76. The third kappa shape index (κ3) is 2.89. The molecule has 0 saturated heterocycles. The van der Waals surface area contributed by atoms with E-state index in [1.165, 1.54) is 5.56 Å². The van der Waals surface area contributed by atoms with Gasteiger partial charge in [-0.1, -0.05) is 48.5 Å². The summed E-state index contributed by atoms with van der Waals surface area (Å²) in [5.74, 6) is 0.516. The molecule has 102 valence electrons. The van der Waals surface area contributed by atoms with Crippen LogP contribution in [0.2, 0.25) is 0 Å². The second kappa shape index (κ2) is 5.88. The van der Waals surface area contributed by atoms with Gasteiger partial charge < -0.3 is 10.1 Å². The number of ether oxygens (including phenoxy) is 1. The summed E-state index contributed by atoms with van der Waals surface area (Å²) in [4.78, 5) is 11.6. The van der Waals surface area contributed by atoms with Crippen LogP contribution in [0.3, 0.4) is 0 Å². The van der Waals surface area contributed by atoms with Gasteiger partial charge in [0, 0.05) is 11.6 Å². The number of hydrogen-bond donors (Lipinski definition) is 1. The largest absolute Gasteiger partial charge is 0.426 e. The third-order valence-electron chi connectivity index (χ3n) is 3.54.